The third-order valence-electron chi connectivity index (χ3n) is 4.04. The summed E-state index contributed by atoms with van der Waals surface area (Å²) in [5.41, 5.74) is 0.762. The number of thioether (sulfide) groups is 1. The van der Waals surface area contributed by atoms with Crippen LogP contribution < -0.4 is 9.64 Å². The van der Waals surface area contributed by atoms with Gasteiger partial charge in [0.15, 0.2) is 5.11 Å². The summed E-state index contributed by atoms with van der Waals surface area (Å²) in [6.45, 7) is 0. The largest absolute Gasteiger partial charge is 0.497 e. The van der Waals surface area contributed by atoms with Crippen LogP contribution in [0.2, 0.25) is 0 Å². The minimum absolute atomic E-state index is 0.0155. The highest BCUT2D eigenvalue weighted by Gasteiger charge is 2.51. The summed E-state index contributed by atoms with van der Waals surface area (Å²) in [6, 6.07) is 10.9. The van der Waals surface area contributed by atoms with Crippen molar-refractivity contribution in [2.75, 3.05) is 17.8 Å². The monoisotopic (exact) mass is 346 g/mol. The Hall–Kier alpha value is -1.99. The first-order valence-electron chi connectivity index (χ1n) is 7.16. The number of anilines is 1. The van der Waals surface area contributed by atoms with Crippen LogP contribution in [0.15, 0.2) is 47.1 Å². The molecule has 5 nitrogen and oxygen atoms in total. The van der Waals surface area contributed by atoms with Gasteiger partial charge in [-0.1, -0.05) is 0 Å². The first kappa shape index (κ1) is 14.6. The van der Waals surface area contributed by atoms with Gasteiger partial charge in [-0.2, -0.15) is 0 Å². The first-order valence-corrected chi connectivity index (χ1v) is 8.61. The van der Waals surface area contributed by atoms with Crippen molar-refractivity contribution in [3.63, 3.8) is 0 Å². The lowest BCUT2D eigenvalue weighted by Crippen LogP contribution is -2.33. The molecule has 3 heterocycles. The van der Waals surface area contributed by atoms with Gasteiger partial charge in [0.25, 0.3) is 5.91 Å². The van der Waals surface area contributed by atoms with Gasteiger partial charge in [0.2, 0.25) is 0 Å². The fourth-order valence-corrected chi connectivity index (χ4v) is 4.78. The Kier molecular flexibility index (Phi) is 3.54. The lowest BCUT2D eigenvalue weighted by molar-refractivity contribution is -0.119. The van der Waals surface area contributed by atoms with Crippen LogP contribution in [0, 0.1) is 0 Å². The molecule has 0 aliphatic carbocycles. The molecular weight excluding hydrogens is 332 g/mol. The lowest BCUT2D eigenvalue weighted by atomic mass is 10.2. The summed E-state index contributed by atoms with van der Waals surface area (Å²) >= 11 is 7.27. The van der Waals surface area contributed by atoms with Crippen molar-refractivity contribution >= 4 is 40.7 Å². The second kappa shape index (κ2) is 5.58. The number of fused-ring (bicyclic) bond motifs is 1. The molecule has 2 aliphatic heterocycles. The Morgan fingerprint density at radius 3 is 2.74 bits per heavy atom. The normalized spacial score (nSPS) is 23.5. The maximum Gasteiger partial charge on any atom is 0.257 e. The van der Waals surface area contributed by atoms with Gasteiger partial charge in [-0.25, -0.2) is 0 Å². The van der Waals surface area contributed by atoms with Crippen LogP contribution in [-0.2, 0) is 4.79 Å². The van der Waals surface area contributed by atoms with Gasteiger partial charge in [-0.15, -0.1) is 11.8 Å². The highest BCUT2D eigenvalue weighted by Crippen LogP contribution is 2.46. The summed E-state index contributed by atoms with van der Waals surface area (Å²) in [7, 11) is 1.61. The van der Waals surface area contributed by atoms with E-state index in [4.69, 9.17) is 21.4 Å². The van der Waals surface area contributed by atoms with Crippen LogP contribution in [0.25, 0.3) is 0 Å². The minimum Gasteiger partial charge on any atom is -0.497 e. The summed E-state index contributed by atoms with van der Waals surface area (Å²) < 4.78 is 10.7. The van der Waals surface area contributed by atoms with Crippen molar-refractivity contribution in [2.45, 2.75) is 11.4 Å². The molecule has 0 spiro atoms. The van der Waals surface area contributed by atoms with E-state index in [1.807, 2.05) is 41.3 Å². The topological polar surface area (TPSA) is 45.9 Å². The second-order valence-corrected chi connectivity index (χ2v) is 6.76. The Labute approximate surface area is 143 Å². The maximum absolute atomic E-state index is 12.8. The molecule has 1 aromatic heterocycles. The van der Waals surface area contributed by atoms with Gasteiger partial charge in [0, 0.05) is 5.75 Å². The molecule has 1 aromatic carbocycles. The van der Waals surface area contributed by atoms with E-state index in [1.165, 1.54) is 0 Å². The fraction of sp³-hybridized carbons (Fsp3) is 0.250. The zero-order chi connectivity index (χ0) is 16.0. The van der Waals surface area contributed by atoms with E-state index in [0.717, 1.165) is 17.2 Å². The second-order valence-electron chi connectivity index (χ2n) is 5.28. The average Bonchev–Trinajstić information content (AvgIpc) is 3.28. The molecule has 2 aromatic rings. The molecule has 23 heavy (non-hydrogen) atoms. The minimum atomic E-state index is -0.232. The number of nitrogens with zero attached hydrogens (tertiary/aromatic N) is 2. The molecule has 0 radical (unpaired) electrons. The Morgan fingerprint density at radius 1 is 1.30 bits per heavy atom. The van der Waals surface area contributed by atoms with Gasteiger partial charge in [-0.05, 0) is 48.6 Å². The number of thiocarbonyl (C=S) groups is 1. The van der Waals surface area contributed by atoms with Crippen molar-refractivity contribution in [2.24, 2.45) is 0 Å². The molecule has 2 fully saturated rings. The number of hydrogen-bond donors (Lipinski definition) is 0. The number of methoxy groups -OCH3 is 1. The molecule has 2 aliphatic rings. The molecule has 7 heteroatoms. The average molecular weight is 346 g/mol. The smallest absolute Gasteiger partial charge is 0.257 e. The number of benzene rings is 1. The number of carbonyl (C=O) groups is 1. The molecular formula is C16H14N2O3S2. The summed E-state index contributed by atoms with van der Waals surface area (Å²) in [6.07, 6.45) is 1.64. The zero-order valence-electron chi connectivity index (χ0n) is 12.3. The molecule has 2 atom stereocenters. The summed E-state index contributed by atoms with van der Waals surface area (Å²) in [5.74, 6) is 2.29. The Balaban J connectivity index is 1.66. The van der Waals surface area contributed by atoms with Crippen molar-refractivity contribution in [3.05, 3.63) is 48.4 Å². The molecule has 1 amide bonds. The molecule has 118 valence electrons. The van der Waals surface area contributed by atoms with E-state index in [-0.39, 0.29) is 17.3 Å². The van der Waals surface area contributed by atoms with Crippen LogP contribution in [-0.4, -0.2) is 34.8 Å². The molecule has 4 rings (SSSR count). The van der Waals surface area contributed by atoms with E-state index in [2.05, 4.69) is 0 Å². The van der Waals surface area contributed by atoms with Gasteiger partial charge in [0.1, 0.15) is 22.9 Å². The number of furan rings is 1. The molecule has 0 N–H and O–H groups in total. The predicted molar refractivity (Wildman–Crippen MR) is 92.6 cm³/mol. The molecule has 0 bridgehead atoms. The van der Waals surface area contributed by atoms with Gasteiger partial charge < -0.3 is 14.1 Å². The van der Waals surface area contributed by atoms with E-state index >= 15 is 0 Å². The van der Waals surface area contributed by atoms with Crippen LogP contribution in [0.3, 0.4) is 0 Å². The summed E-state index contributed by atoms with van der Waals surface area (Å²) in [4.78, 5) is 16.4. The summed E-state index contributed by atoms with van der Waals surface area (Å²) in [5, 5.41) is 0.478. The zero-order valence-corrected chi connectivity index (χ0v) is 14.0. The highest BCUT2D eigenvalue weighted by atomic mass is 32.2. The van der Waals surface area contributed by atoms with Crippen LogP contribution in [0.4, 0.5) is 5.69 Å². The van der Waals surface area contributed by atoms with E-state index in [0.29, 0.717) is 10.9 Å². The standard InChI is InChI=1S/C16H14N2O3S2/c1-20-11-6-4-10(5-7-11)17-14(19)12-9-23-15(18(12)16(17)22)13-3-2-8-21-13/h2-8,12,15H,9H2,1H3. The van der Waals surface area contributed by atoms with Gasteiger partial charge in [0.05, 0.1) is 19.1 Å². The number of carbonyl (C=O) groups excluding carboxylic acids is 1. The van der Waals surface area contributed by atoms with E-state index < -0.39 is 0 Å². The predicted octanol–water partition coefficient (Wildman–Crippen LogP) is 3.04. The molecule has 2 unspecified atom stereocenters. The third-order valence-corrected chi connectivity index (χ3v) is 5.71. The SMILES string of the molecule is COc1ccc(N2C(=O)C3CSC(c4ccco4)N3C2=S)cc1. The van der Waals surface area contributed by atoms with Crippen LogP contribution in [0.1, 0.15) is 11.1 Å². The third kappa shape index (κ3) is 2.22. The van der Waals surface area contributed by atoms with Gasteiger partial charge in [-0.3, -0.25) is 9.69 Å². The number of amides is 1. The van der Waals surface area contributed by atoms with Crippen molar-refractivity contribution < 1.29 is 13.9 Å². The van der Waals surface area contributed by atoms with Crippen LogP contribution in [0.5, 0.6) is 5.75 Å². The quantitative estimate of drug-likeness (QED) is 0.796. The molecule has 2 saturated heterocycles. The Morgan fingerprint density at radius 2 is 2.09 bits per heavy atom. The van der Waals surface area contributed by atoms with Crippen molar-refractivity contribution in [1.29, 1.82) is 0 Å². The van der Waals surface area contributed by atoms with Crippen molar-refractivity contribution in [3.8, 4) is 5.75 Å². The lowest BCUT2D eigenvalue weighted by Gasteiger charge is -2.24. The van der Waals surface area contributed by atoms with Gasteiger partial charge >= 0.3 is 0 Å². The number of ether oxygens (including phenoxy) is 1. The van der Waals surface area contributed by atoms with Crippen molar-refractivity contribution in [1.82, 2.24) is 4.90 Å². The maximum atomic E-state index is 12.8. The Bertz CT molecular complexity index is 745. The molecule has 0 saturated carbocycles. The number of rotatable bonds is 3. The number of hydrogen-bond acceptors (Lipinski definition) is 5. The van der Waals surface area contributed by atoms with E-state index in [9.17, 15) is 4.79 Å². The van der Waals surface area contributed by atoms with Crippen LogP contribution >= 0.6 is 24.0 Å². The van der Waals surface area contributed by atoms with E-state index in [1.54, 1.807) is 30.0 Å². The fourth-order valence-electron chi connectivity index (χ4n) is 2.91. The first-order chi connectivity index (χ1) is 11.2. The highest BCUT2D eigenvalue weighted by molar-refractivity contribution is 7.99.